The fourth-order valence-electron chi connectivity index (χ4n) is 4.72. The molecule has 116 valence electrons. The van der Waals surface area contributed by atoms with Gasteiger partial charge in [0, 0.05) is 38.3 Å². The van der Waals surface area contributed by atoms with Crippen molar-refractivity contribution in [2.45, 2.75) is 57.4 Å². The zero-order valence-electron chi connectivity index (χ0n) is 13.3. The summed E-state index contributed by atoms with van der Waals surface area (Å²) in [5.41, 5.74) is 6.64. The first-order valence-corrected chi connectivity index (χ1v) is 8.95. The van der Waals surface area contributed by atoms with Gasteiger partial charge in [0.1, 0.15) is 0 Å². The van der Waals surface area contributed by atoms with Gasteiger partial charge in [0.15, 0.2) is 0 Å². The van der Waals surface area contributed by atoms with Gasteiger partial charge in [-0.25, -0.2) is 0 Å². The summed E-state index contributed by atoms with van der Waals surface area (Å²) >= 11 is 0. The highest BCUT2D eigenvalue weighted by molar-refractivity contribution is 5.00. The monoisotopic (exact) mass is 279 g/mol. The quantitative estimate of drug-likeness (QED) is 0.838. The molecule has 0 spiro atoms. The van der Waals surface area contributed by atoms with E-state index in [2.05, 4.69) is 16.7 Å². The van der Waals surface area contributed by atoms with Crippen LogP contribution in [0.4, 0.5) is 0 Å². The maximum absolute atomic E-state index is 6.29. The van der Waals surface area contributed by atoms with Crippen molar-refractivity contribution in [3.05, 3.63) is 0 Å². The average Bonchev–Trinajstić information content (AvgIpc) is 3.33. The molecule has 3 heteroatoms. The topological polar surface area (TPSA) is 32.5 Å². The molecular formula is C17H33N3. The maximum atomic E-state index is 6.29. The molecule has 2 atom stereocenters. The summed E-state index contributed by atoms with van der Waals surface area (Å²) in [6.45, 7) is 9.43. The van der Waals surface area contributed by atoms with Gasteiger partial charge >= 0.3 is 0 Å². The third kappa shape index (κ3) is 3.05. The summed E-state index contributed by atoms with van der Waals surface area (Å²) in [4.78, 5) is 5.40. The Labute approximate surface area is 124 Å². The molecule has 1 aliphatic heterocycles. The van der Waals surface area contributed by atoms with Crippen LogP contribution in [-0.4, -0.2) is 54.6 Å². The van der Waals surface area contributed by atoms with E-state index in [0.29, 0.717) is 5.54 Å². The van der Waals surface area contributed by atoms with Gasteiger partial charge < -0.3 is 10.6 Å². The predicted octanol–water partition coefficient (Wildman–Crippen LogP) is 2.31. The molecule has 0 amide bonds. The van der Waals surface area contributed by atoms with Crippen LogP contribution < -0.4 is 5.73 Å². The van der Waals surface area contributed by atoms with Gasteiger partial charge in [0.25, 0.3) is 0 Å². The number of hydrogen-bond acceptors (Lipinski definition) is 3. The maximum Gasteiger partial charge on any atom is 0.0335 e. The number of hydrogen-bond donors (Lipinski definition) is 1. The molecule has 3 aliphatic rings. The summed E-state index contributed by atoms with van der Waals surface area (Å²) in [6.07, 6.45) is 9.90. The van der Waals surface area contributed by atoms with E-state index in [1.54, 1.807) is 0 Å². The van der Waals surface area contributed by atoms with Crippen LogP contribution in [0, 0.1) is 11.8 Å². The minimum atomic E-state index is 0.351. The standard InChI is InChI=1S/C17H33N3/c1-2-8-19-9-11-20(12-10-19)17(14-18)7-3-4-16(13-17)15-5-6-15/h15-16H,2-14,18H2,1H3. The van der Waals surface area contributed by atoms with Crippen molar-refractivity contribution >= 4 is 0 Å². The van der Waals surface area contributed by atoms with Gasteiger partial charge in [0.05, 0.1) is 0 Å². The van der Waals surface area contributed by atoms with Crippen molar-refractivity contribution in [1.82, 2.24) is 9.80 Å². The molecule has 2 unspecified atom stereocenters. The van der Waals surface area contributed by atoms with Crippen LogP contribution >= 0.6 is 0 Å². The van der Waals surface area contributed by atoms with E-state index in [1.165, 1.54) is 77.7 Å². The summed E-state index contributed by atoms with van der Waals surface area (Å²) in [6, 6.07) is 0. The van der Waals surface area contributed by atoms with Crippen molar-refractivity contribution in [2.75, 3.05) is 39.3 Å². The lowest BCUT2D eigenvalue weighted by molar-refractivity contribution is -0.00417. The molecule has 0 aromatic carbocycles. The zero-order valence-corrected chi connectivity index (χ0v) is 13.3. The van der Waals surface area contributed by atoms with Gasteiger partial charge in [0.2, 0.25) is 0 Å². The number of nitrogens with two attached hydrogens (primary N) is 1. The largest absolute Gasteiger partial charge is 0.329 e. The van der Waals surface area contributed by atoms with Crippen LogP contribution in [0.15, 0.2) is 0 Å². The Kier molecular flexibility index (Phi) is 4.68. The normalized spacial score (nSPS) is 37.2. The molecule has 2 N–H and O–H groups in total. The summed E-state index contributed by atoms with van der Waals surface area (Å²) in [7, 11) is 0. The van der Waals surface area contributed by atoms with E-state index in [1.807, 2.05) is 0 Å². The molecule has 0 radical (unpaired) electrons. The van der Waals surface area contributed by atoms with Gasteiger partial charge in [-0.05, 0) is 50.5 Å². The van der Waals surface area contributed by atoms with E-state index in [-0.39, 0.29) is 0 Å². The van der Waals surface area contributed by atoms with Gasteiger partial charge in [-0.2, -0.15) is 0 Å². The Balaban J connectivity index is 1.60. The minimum Gasteiger partial charge on any atom is -0.329 e. The van der Waals surface area contributed by atoms with Crippen LogP contribution in [0.1, 0.15) is 51.9 Å². The van der Waals surface area contributed by atoms with Crippen molar-refractivity contribution in [3.63, 3.8) is 0 Å². The molecular weight excluding hydrogens is 246 g/mol. The molecule has 3 fully saturated rings. The highest BCUT2D eigenvalue weighted by Crippen LogP contribution is 2.48. The van der Waals surface area contributed by atoms with E-state index in [9.17, 15) is 0 Å². The van der Waals surface area contributed by atoms with Crippen LogP contribution in [0.2, 0.25) is 0 Å². The zero-order chi connectivity index (χ0) is 14.0. The molecule has 0 aromatic heterocycles. The highest BCUT2D eigenvalue weighted by Gasteiger charge is 2.44. The van der Waals surface area contributed by atoms with Crippen LogP contribution in [0.25, 0.3) is 0 Å². The SMILES string of the molecule is CCCN1CCN(C2(CN)CCCC(C3CC3)C2)CC1. The fraction of sp³-hybridized carbons (Fsp3) is 1.00. The second kappa shape index (κ2) is 6.33. The van der Waals surface area contributed by atoms with E-state index in [4.69, 9.17) is 5.73 Å². The second-order valence-corrected chi connectivity index (χ2v) is 7.45. The highest BCUT2D eigenvalue weighted by atomic mass is 15.3. The lowest BCUT2D eigenvalue weighted by Crippen LogP contribution is -2.61. The molecule has 1 heterocycles. The van der Waals surface area contributed by atoms with Crippen molar-refractivity contribution < 1.29 is 0 Å². The third-order valence-electron chi connectivity index (χ3n) is 6.11. The molecule has 0 bridgehead atoms. The Morgan fingerprint density at radius 3 is 2.40 bits per heavy atom. The van der Waals surface area contributed by atoms with E-state index in [0.717, 1.165) is 18.4 Å². The smallest absolute Gasteiger partial charge is 0.0335 e. The molecule has 3 rings (SSSR count). The lowest BCUT2D eigenvalue weighted by Gasteiger charge is -2.51. The van der Waals surface area contributed by atoms with Gasteiger partial charge in [-0.15, -0.1) is 0 Å². The second-order valence-electron chi connectivity index (χ2n) is 7.45. The third-order valence-corrected chi connectivity index (χ3v) is 6.11. The minimum absolute atomic E-state index is 0.351. The molecule has 3 nitrogen and oxygen atoms in total. The fourth-order valence-corrected chi connectivity index (χ4v) is 4.72. The molecule has 2 aliphatic carbocycles. The first-order chi connectivity index (χ1) is 9.77. The van der Waals surface area contributed by atoms with Gasteiger partial charge in [-0.1, -0.05) is 19.8 Å². The van der Waals surface area contributed by atoms with E-state index >= 15 is 0 Å². The first kappa shape index (κ1) is 14.8. The summed E-state index contributed by atoms with van der Waals surface area (Å²) < 4.78 is 0. The van der Waals surface area contributed by atoms with Crippen molar-refractivity contribution in [1.29, 1.82) is 0 Å². The number of nitrogens with zero attached hydrogens (tertiary/aromatic N) is 2. The Hall–Kier alpha value is -0.120. The molecule has 0 aromatic rings. The number of rotatable bonds is 5. The Bertz CT molecular complexity index is 307. The van der Waals surface area contributed by atoms with E-state index < -0.39 is 0 Å². The summed E-state index contributed by atoms with van der Waals surface area (Å²) in [5.74, 6) is 2.04. The van der Waals surface area contributed by atoms with Crippen molar-refractivity contribution in [2.24, 2.45) is 17.6 Å². The lowest BCUT2D eigenvalue weighted by atomic mass is 9.72. The van der Waals surface area contributed by atoms with Crippen LogP contribution in [-0.2, 0) is 0 Å². The summed E-state index contributed by atoms with van der Waals surface area (Å²) in [5, 5.41) is 0. The Morgan fingerprint density at radius 2 is 1.80 bits per heavy atom. The van der Waals surface area contributed by atoms with Crippen LogP contribution in [0.5, 0.6) is 0 Å². The average molecular weight is 279 g/mol. The first-order valence-electron chi connectivity index (χ1n) is 8.95. The Morgan fingerprint density at radius 1 is 1.05 bits per heavy atom. The van der Waals surface area contributed by atoms with Gasteiger partial charge in [-0.3, -0.25) is 4.90 Å². The molecule has 20 heavy (non-hydrogen) atoms. The van der Waals surface area contributed by atoms with Crippen molar-refractivity contribution in [3.8, 4) is 0 Å². The van der Waals surface area contributed by atoms with Crippen LogP contribution in [0.3, 0.4) is 0 Å². The predicted molar refractivity (Wildman–Crippen MR) is 84.8 cm³/mol. The molecule has 2 saturated carbocycles. The number of piperazine rings is 1. The molecule has 1 saturated heterocycles.